The summed E-state index contributed by atoms with van der Waals surface area (Å²) < 4.78 is 0. The highest BCUT2D eigenvalue weighted by atomic mass is 35.5. The van der Waals surface area contributed by atoms with Crippen molar-refractivity contribution in [1.29, 1.82) is 0 Å². The average Bonchev–Trinajstić information content (AvgIpc) is 2.81. The number of amidine groups is 1. The number of halogens is 1. The van der Waals surface area contributed by atoms with Crippen LogP contribution in [0.25, 0.3) is 0 Å². The Balaban J connectivity index is 1.71. The molecule has 0 bridgehead atoms. The maximum Gasteiger partial charge on any atom is 0.254 e. The summed E-state index contributed by atoms with van der Waals surface area (Å²) in [6.45, 7) is 3.62. The first-order valence-electron chi connectivity index (χ1n) is 8.65. The number of likely N-dealkylation sites (tertiary alicyclic amines) is 1. The lowest BCUT2D eigenvalue weighted by atomic mass is 10.2. The number of benzene rings is 1. The van der Waals surface area contributed by atoms with Crippen molar-refractivity contribution >= 4 is 46.0 Å². The topological polar surface area (TPSA) is 53.0 Å². The van der Waals surface area contributed by atoms with E-state index in [4.69, 9.17) is 11.6 Å². The summed E-state index contributed by atoms with van der Waals surface area (Å²) in [6.07, 6.45) is 4.50. The highest BCUT2D eigenvalue weighted by Gasteiger charge is 2.32. The second kappa shape index (κ2) is 8.23. The Kier molecular flexibility index (Phi) is 6.02. The predicted molar refractivity (Wildman–Crippen MR) is 103 cm³/mol. The zero-order valence-corrected chi connectivity index (χ0v) is 15.9. The summed E-state index contributed by atoms with van der Waals surface area (Å²) in [4.78, 5) is 32.8. The first kappa shape index (κ1) is 18.3. The van der Waals surface area contributed by atoms with Crippen molar-refractivity contribution in [3.63, 3.8) is 0 Å². The third-order valence-electron chi connectivity index (χ3n) is 4.43. The number of anilines is 1. The van der Waals surface area contributed by atoms with Crippen LogP contribution in [-0.2, 0) is 9.59 Å². The fourth-order valence-electron chi connectivity index (χ4n) is 3.10. The first-order chi connectivity index (χ1) is 12.1. The van der Waals surface area contributed by atoms with E-state index in [0.29, 0.717) is 15.9 Å². The van der Waals surface area contributed by atoms with Gasteiger partial charge in [-0.25, -0.2) is 0 Å². The van der Waals surface area contributed by atoms with Crippen molar-refractivity contribution in [1.82, 2.24) is 4.90 Å². The smallest absolute Gasteiger partial charge is 0.254 e. The van der Waals surface area contributed by atoms with Gasteiger partial charge < -0.3 is 4.90 Å². The molecule has 2 aliphatic heterocycles. The van der Waals surface area contributed by atoms with E-state index in [1.54, 1.807) is 12.1 Å². The van der Waals surface area contributed by atoms with Gasteiger partial charge in [-0.15, -0.1) is 0 Å². The number of carbonyl (C=O) groups excluding carboxylic acids is 2. The number of aliphatic imine (C=N–C) groups is 1. The van der Waals surface area contributed by atoms with Crippen molar-refractivity contribution in [2.24, 2.45) is 4.99 Å². The van der Waals surface area contributed by atoms with Crippen molar-refractivity contribution in [2.75, 3.05) is 24.5 Å². The molecular formula is C18H22ClN3O2S. The lowest BCUT2D eigenvalue weighted by molar-refractivity contribution is -0.130. The number of nitrogens with zero attached hydrogens (tertiary/aromatic N) is 3. The Morgan fingerprint density at radius 2 is 1.88 bits per heavy atom. The Labute approximate surface area is 157 Å². The van der Waals surface area contributed by atoms with Gasteiger partial charge in [-0.05, 0) is 31.9 Å². The van der Waals surface area contributed by atoms with E-state index in [1.165, 1.54) is 29.5 Å². The first-order valence-corrected chi connectivity index (χ1v) is 9.91. The molecule has 2 aliphatic rings. The van der Waals surface area contributed by atoms with Gasteiger partial charge in [0, 0.05) is 13.1 Å². The van der Waals surface area contributed by atoms with Crippen LogP contribution in [0.2, 0.25) is 5.02 Å². The van der Waals surface area contributed by atoms with Crippen LogP contribution in [0.1, 0.15) is 32.6 Å². The fourth-order valence-corrected chi connectivity index (χ4v) is 4.33. The van der Waals surface area contributed by atoms with E-state index in [9.17, 15) is 9.59 Å². The number of thioether (sulfide) groups is 1. The van der Waals surface area contributed by atoms with Crippen molar-refractivity contribution < 1.29 is 9.59 Å². The molecule has 1 atom stereocenters. The Bertz CT molecular complexity index is 687. The summed E-state index contributed by atoms with van der Waals surface area (Å²) in [6, 6.07) is 7.20. The summed E-state index contributed by atoms with van der Waals surface area (Å²) >= 11 is 7.58. The van der Waals surface area contributed by atoms with Crippen LogP contribution in [0, 0.1) is 0 Å². The van der Waals surface area contributed by atoms with Gasteiger partial charge >= 0.3 is 0 Å². The summed E-state index contributed by atoms with van der Waals surface area (Å²) in [7, 11) is 0. The second-order valence-electron chi connectivity index (χ2n) is 6.28. The molecule has 0 aromatic heterocycles. The minimum Gasteiger partial charge on any atom is -0.342 e. The lowest BCUT2D eigenvalue weighted by Gasteiger charge is -2.25. The molecule has 5 nitrogen and oxygen atoms in total. The zero-order chi connectivity index (χ0) is 17.8. The summed E-state index contributed by atoms with van der Waals surface area (Å²) in [5.74, 6) is -0.00178. The number of hydrogen-bond donors (Lipinski definition) is 0. The van der Waals surface area contributed by atoms with E-state index in [0.717, 1.165) is 25.9 Å². The fraction of sp³-hybridized carbons (Fsp3) is 0.500. The van der Waals surface area contributed by atoms with Crippen LogP contribution in [0.3, 0.4) is 0 Å². The molecule has 1 saturated heterocycles. The molecule has 7 heteroatoms. The van der Waals surface area contributed by atoms with E-state index < -0.39 is 0 Å². The van der Waals surface area contributed by atoms with Gasteiger partial charge in [0.05, 0.1) is 16.0 Å². The average molecular weight is 380 g/mol. The number of carbonyl (C=O) groups is 2. The van der Waals surface area contributed by atoms with Crippen molar-refractivity contribution in [3.05, 3.63) is 29.3 Å². The SMILES string of the molecule is C[C@@H](SC1=NCC(=O)N1c1ccccc1Cl)C(=O)N1CCCCCC1. The molecule has 1 aromatic carbocycles. The van der Waals surface area contributed by atoms with Gasteiger partial charge in [0.1, 0.15) is 6.54 Å². The van der Waals surface area contributed by atoms with Crippen molar-refractivity contribution in [3.8, 4) is 0 Å². The predicted octanol–water partition coefficient (Wildman–Crippen LogP) is 3.57. The molecule has 0 saturated carbocycles. The molecule has 0 spiro atoms. The van der Waals surface area contributed by atoms with Crippen molar-refractivity contribution in [2.45, 2.75) is 37.9 Å². The quantitative estimate of drug-likeness (QED) is 0.806. The van der Waals surface area contributed by atoms with Crippen LogP contribution < -0.4 is 4.90 Å². The summed E-state index contributed by atoms with van der Waals surface area (Å²) in [5, 5.41) is 0.763. The normalized spacial score (nSPS) is 19.6. The number of para-hydroxylation sites is 1. The Morgan fingerprint density at radius 3 is 2.56 bits per heavy atom. The van der Waals surface area contributed by atoms with Gasteiger partial charge in [0.15, 0.2) is 5.17 Å². The number of hydrogen-bond acceptors (Lipinski definition) is 4. The van der Waals surface area contributed by atoms with Crippen LogP contribution in [0.4, 0.5) is 5.69 Å². The molecule has 0 aliphatic carbocycles. The molecule has 25 heavy (non-hydrogen) atoms. The number of rotatable bonds is 3. The molecule has 0 unspecified atom stereocenters. The zero-order valence-electron chi connectivity index (χ0n) is 14.3. The highest BCUT2D eigenvalue weighted by Crippen LogP contribution is 2.32. The van der Waals surface area contributed by atoms with Crippen LogP contribution in [0.5, 0.6) is 0 Å². The minimum atomic E-state index is -0.285. The summed E-state index contributed by atoms with van der Waals surface area (Å²) in [5.41, 5.74) is 0.618. The van der Waals surface area contributed by atoms with Gasteiger partial charge in [-0.1, -0.05) is 48.3 Å². The molecule has 0 N–H and O–H groups in total. The van der Waals surface area contributed by atoms with E-state index in [2.05, 4.69) is 4.99 Å². The van der Waals surface area contributed by atoms with Crippen LogP contribution >= 0.6 is 23.4 Å². The van der Waals surface area contributed by atoms with E-state index >= 15 is 0 Å². The molecule has 2 heterocycles. The largest absolute Gasteiger partial charge is 0.342 e. The Hall–Kier alpha value is -1.53. The van der Waals surface area contributed by atoms with Gasteiger partial charge in [-0.2, -0.15) is 0 Å². The maximum absolute atomic E-state index is 12.8. The molecular weight excluding hydrogens is 358 g/mol. The monoisotopic (exact) mass is 379 g/mol. The molecule has 1 aromatic rings. The third kappa shape index (κ3) is 4.18. The van der Waals surface area contributed by atoms with E-state index in [-0.39, 0.29) is 23.6 Å². The molecule has 0 radical (unpaired) electrons. The second-order valence-corrected chi connectivity index (χ2v) is 7.99. The lowest BCUT2D eigenvalue weighted by Crippen LogP contribution is -2.39. The maximum atomic E-state index is 12.8. The molecule has 134 valence electrons. The molecule has 1 fully saturated rings. The highest BCUT2D eigenvalue weighted by molar-refractivity contribution is 8.15. The van der Waals surface area contributed by atoms with Crippen LogP contribution in [-0.4, -0.2) is 46.8 Å². The molecule has 3 rings (SSSR count). The standard InChI is InChI=1S/C18H22ClN3O2S/c1-13(17(24)21-10-6-2-3-7-11-21)25-18-20-12-16(23)22(18)15-9-5-4-8-14(15)19/h4-5,8-9,13H,2-3,6-7,10-12H2,1H3/t13-/m1/s1. The van der Waals surface area contributed by atoms with Gasteiger partial charge in [0.25, 0.3) is 5.91 Å². The molecule has 2 amide bonds. The van der Waals surface area contributed by atoms with Gasteiger partial charge in [0.2, 0.25) is 5.91 Å². The van der Waals surface area contributed by atoms with Crippen LogP contribution in [0.15, 0.2) is 29.3 Å². The van der Waals surface area contributed by atoms with E-state index in [1.807, 2.05) is 24.0 Å². The third-order valence-corrected chi connectivity index (χ3v) is 5.83. The minimum absolute atomic E-state index is 0.0954. The number of amides is 2. The Morgan fingerprint density at radius 1 is 1.20 bits per heavy atom. The van der Waals surface area contributed by atoms with Gasteiger partial charge in [-0.3, -0.25) is 19.5 Å².